The molecule has 4 rings (SSSR count). The molecule has 154 valence electrons. The summed E-state index contributed by atoms with van der Waals surface area (Å²) in [5, 5.41) is 12.7. The van der Waals surface area contributed by atoms with E-state index in [1.54, 1.807) is 25.3 Å². The summed E-state index contributed by atoms with van der Waals surface area (Å²) in [6.07, 6.45) is 2.71. The fraction of sp³-hybridized carbons (Fsp3) is 0.421. The number of primary amides is 1. The highest BCUT2D eigenvalue weighted by atomic mass is 16.5. The van der Waals surface area contributed by atoms with Gasteiger partial charge in [0.1, 0.15) is 18.4 Å². The Kier molecular flexibility index (Phi) is 4.79. The Morgan fingerprint density at radius 2 is 2.07 bits per heavy atom. The number of carboxylic acids is 1. The first-order valence-electron chi connectivity index (χ1n) is 9.29. The Bertz CT molecular complexity index is 986. The van der Waals surface area contributed by atoms with E-state index in [0.717, 1.165) is 6.42 Å². The number of hydrogen-bond acceptors (Lipinski definition) is 5. The number of aliphatic carboxylic acids is 1. The van der Waals surface area contributed by atoms with Gasteiger partial charge in [-0.1, -0.05) is 0 Å². The summed E-state index contributed by atoms with van der Waals surface area (Å²) in [5.74, 6) is -0.227. The number of ether oxygens (including phenoxy) is 2. The number of fused-ring (bicyclic) bond motifs is 2. The van der Waals surface area contributed by atoms with Gasteiger partial charge in [-0.25, -0.2) is 14.4 Å². The third-order valence-electron chi connectivity index (χ3n) is 5.44. The highest BCUT2D eigenvalue weighted by Gasteiger charge is 2.56. The number of urea groups is 1. The van der Waals surface area contributed by atoms with Crippen molar-refractivity contribution in [3.05, 3.63) is 24.4 Å². The Morgan fingerprint density at radius 1 is 1.28 bits per heavy atom. The first-order valence-corrected chi connectivity index (χ1v) is 9.29. The van der Waals surface area contributed by atoms with Gasteiger partial charge in [-0.2, -0.15) is 0 Å². The Hall–Kier alpha value is -3.27. The molecular weight excluding hydrogens is 380 g/mol. The third kappa shape index (κ3) is 3.46. The summed E-state index contributed by atoms with van der Waals surface area (Å²) < 4.78 is 11.8. The first-order chi connectivity index (χ1) is 13.9. The van der Waals surface area contributed by atoms with Crippen LogP contribution in [0.4, 0.5) is 15.3 Å². The van der Waals surface area contributed by atoms with Crippen LogP contribution in [-0.2, 0) is 9.53 Å². The van der Waals surface area contributed by atoms with Crippen LogP contribution >= 0.6 is 0 Å². The second kappa shape index (κ2) is 7.28. The van der Waals surface area contributed by atoms with E-state index in [0.29, 0.717) is 42.0 Å². The summed E-state index contributed by atoms with van der Waals surface area (Å²) in [4.78, 5) is 37.6. The molecule has 2 aromatic rings. The number of nitrogens with two attached hydrogens (primary N) is 1. The lowest BCUT2D eigenvalue weighted by Gasteiger charge is -2.24. The second-order valence-electron chi connectivity index (χ2n) is 7.26. The highest BCUT2D eigenvalue weighted by Crippen LogP contribution is 2.48. The molecule has 2 fully saturated rings. The number of nitrogens with one attached hydrogen (secondary N) is 1. The van der Waals surface area contributed by atoms with Gasteiger partial charge in [-0.15, -0.1) is 0 Å². The van der Waals surface area contributed by atoms with Gasteiger partial charge in [0.2, 0.25) is 0 Å². The van der Waals surface area contributed by atoms with Gasteiger partial charge in [0.05, 0.1) is 17.8 Å². The number of nitrogens with zero attached hydrogens (tertiary/aromatic N) is 2. The maximum Gasteiger partial charge on any atom is 0.326 e. The van der Waals surface area contributed by atoms with Gasteiger partial charge >= 0.3 is 18.0 Å². The van der Waals surface area contributed by atoms with E-state index >= 15 is 0 Å². The summed E-state index contributed by atoms with van der Waals surface area (Å²) in [7, 11) is 1.57. The number of piperidine rings is 1. The van der Waals surface area contributed by atoms with E-state index in [-0.39, 0.29) is 12.0 Å². The summed E-state index contributed by atoms with van der Waals surface area (Å²) in [6.45, 7) is 0.759. The van der Waals surface area contributed by atoms with E-state index in [1.165, 1.54) is 15.7 Å². The van der Waals surface area contributed by atoms with Gasteiger partial charge in [-0.3, -0.25) is 4.57 Å². The van der Waals surface area contributed by atoms with Crippen LogP contribution in [0.2, 0.25) is 0 Å². The number of methoxy groups -OCH3 is 1. The van der Waals surface area contributed by atoms with Crippen molar-refractivity contribution in [2.45, 2.75) is 24.9 Å². The zero-order valence-electron chi connectivity index (χ0n) is 15.8. The van der Waals surface area contributed by atoms with Crippen molar-refractivity contribution in [2.75, 3.05) is 25.6 Å². The molecule has 0 spiro atoms. The molecule has 1 saturated carbocycles. The van der Waals surface area contributed by atoms with Gasteiger partial charge in [0.25, 0.3) is 0 Å². The molecule has 2 aliphatic rings. The largest absolute Gasteiger partial charge is 0.491 e. The third-order valence-corrected chi connectivity index (χ3v) is 5.44. The van der Waals surface area contributed by atoms with E-state index in [2.05, 4.69) is 5.32 Å². The van der Waals surface area contributed by atoms with Crippen molar-refractivity contribution in [2.24, 2.45) is 11.7 Å². The SMILES string of the molecule is COCCOc1ccc2c(c1)c(NC(=O)N1[C@@H]3C[C@@H]3C[C@H]1C(=O)O)cn2C(N)=O. The van der Waals surface area contributed by atoms with Crippen LogP contribution in [0.15, 0.2) is 24.4 Å². The number of carbonyl (C=O) groups is 3. The number of rotatable bonds is 6. The lowest BCUT2D eigenvalue weighted by molar-refractivity contribution is -0.141. The van der Waals surface area contributed by atoms with Gasteiger partial charge in [0.15, 0.2) is 0 Å². The fourth-order valence-corrected chi connectivity index (χ4v) is 3.97. The smallest absolute Gasteiger partial charge is 0.326 e. The molecule has 0 bridgehead atoms. The van der Waals surface area contributed by atoms with E-state index in [1.807, 2.05) is 0 Å². The molecule has 10 nitrogen and oxygen atoms in total. The van der Waals surface area contributed by atoms with Crippen molar-refractivity contribution < 1.29 is 29.0 Å². The van der Waals surface area contributed by atoms with Crippen molar-refractivity contribution in [3.63, 3.8) is 0 Å². The average molecular weight is 402 g/mol. The Labute approximate surface area is 166 Å². The Balaban J connectivity index is 1.63. The van der Waals surface area contributed by atoms with Crippen LogP contribution in [0.5, 0.6) is 5.75 Å². The number of amides is 3. The van der Waals surface area contributed by atoms with Gasteiger partial charge < -0.3 is 30.5 Å². The average Bonchev–Trinajstić information content (AvgIpc) is 3.19. The van der Waals surface area contributed by atoms with Crippen molar-refractivity contribution in [1.82, 2.24) is 9.47 Å². The normalized spacial score (nSPS) is 22.4. The van der Waals surface area contributed by atoms with E-state index < -0.39 is 24.1 Å². The zero-order chi connectivity index (χ0) is 20.7. The molecule has 29 heavy (non-hydrogen) atoms. The minimum absolute atomic E-state index is 0.0477. The molecule has 0 unspecified atom stereocenters. The maximum atomic E-state index is 12.9. The maximum absolute atomic E-state index is 12.9. The number of aromatic nitrogens is 1. The van der Waals surface area contributed by atoms with E-state index in [9.17, 15) is 19.5 Å². The van der Waals surface area contributed by atoms with Crippen molar-refractivity contribution >= 4 is 34.6 Å². The van der Waals surface area contributed by atoms with E-state index in [4.69, 9.17) is 15.2 Å². The first kappa shape index (κ1) is 19.1. The number of anilines is 1. The van der Waals surface area contributed by atoms with Crippen LogP contribution < -0.4 is 15.8 Å². The minimum Gasteiger partial charge on any atom is -0.491 e. The number of benzene rings is 1. The molecule has 3 atom stereocenters. The van der Waals surface area contributed by atoms with Gasteiger partial charge in [0, 0.05) is 24.7 Å². The van der Waals surface area contributed by atoms with Crippen molar-refractivity contribution in [3.8, 4) is 5.75 Å². The van der Waals surface area contributed by atoms with Crippen LogP contribution in [0.25, 0.3) is 10.9 Å². The zero-order valence-corrected chi connectivity index (χ0v) is 15.8. The number of hydrogen-bond donors (Lipinski definition) is 3. The van der Waals surface area contributed by atoms with Crippen LogP contribution in [0.3, 0.4) is 0 Å². The lowest BCUT2D eigenvalue weighted by Crippen LogP contribution is -2.45. The fourth-order valence-electron chi connectivity index (χ4n) is 3.97. The number of carbonyl (C=O) groups excluding carboxylic acids is 2. The molecule has 1 saturated heterocycles. The van der Waals surface area contributed by atoms with Crippen molar-refractivity contribution in [1.29, 1.82) is 0 Å². The highest BCUT2D eigenvalue weighted by molar-refractivity contribution is 6.05. The molecule has 1 aromatic heterocycles. The van der Waals surface area contributed by atoms with Crippen LogP contribution in [-0.4, -0.2) is 65.0 Å². The minimum atomic E-state index is -1.01. The lowest BCUT2D eigenvalue weighted by atomic mass is 10.2. The standard InChI is InChI=1S/C19H22N4O6/c1-28-4-5-29-11-2-3-14-12(8-11)13(9-22(14)18(20)26)21-19(27)23-15-6-10(15)7-16(23)17(24)25/h2-3,8-10,15-16H,4-7H2,1H3,(H2,20,26)(H,21,27)(H,24,25)/t10-,15-,16+/m1/s1. The summed E-state index contributed by atoms with van der Waals surface area (Å²) in [5.41, 5.74) is 6.31. The Morgan fingerprint density at radius 3 is 2.76 bits per heavy atom. The van der Waals surface area contributed by atoms with Gasteiger partial charge in [-0.05, 0) is 37.0 Å². The molecule has 0 radical (unpaired) electrons. The predicted octanol–water partition coefficient (Wildman–Crippen LogP) is 1.67. The molecule has 1 aromatic carbocycles. The number of likely N-dealkylation sites (tertiary alicyclic amines) is 1. The topological polar surface area (TPSA) is 136 Å². The molecule has 1 aliphatic carbocycles. The molecular formula is C19H22N4O6. The van der Waals surface area contributed by atoms with Crippen LogP contribution in [0.1, 0.15) is 12.8 Å². The molecule has 1 aliphatic heterocycles. The second-order valence-corrected chi connectivity index (χ2v) is 7.26. The summed E-state index contributed by atoms with van der Waals surface area (Å²) in [6, 6.07) is 2.97. The monoisotopic (exact) mass is 402 g/mol. The summed E-state index contributed by atoms with van der Waals surface area (Å²) >= 11 is 0. The molecule has 4 N–H and O–H groups in total. The molecule has 10 heteroatoms. The number of carboxylic acid groups (broad SMARTS) is 1. The molecule has 2 heterocycles. The molecule has 3 amide bonds. The predicted molar refractivity (Wildman–Crippen MR) is 103 cm³/mol. The van der Waals surface area contributed by atoms with Crippen LogP contribution in [0, 0.1) is 5.92 Å². The quantitative estimate of drug-likeness (QED) is 0.629.